The molecule has 0 aliphatic carbocycles. The van der Waals surface area contributed by atoms with E-state index in [1.54, 1.807) is 25.2 Å². The monoisotopic (exact) mass is 195 g/mol. The molecule has 0 saturated heterocycles. The molecule has 0 saturated carbocycles. The summed E-state index contributed by atoms with van der Waals surface area (Å²) in [6, 6.07) is 4.81. The number of fused-ring (bicyclic) bond motifs is 1. The summed E-state index contributed by atoms with van der Waals surface area (Å²) in [4.78, 5) is 0. The molecule has 76 valence electrons. The molecule has 1 aliphatic rings. The number of aliphatic hydroxyl groups is 1. The third-order valence-corrected chi connectivity index (χ3v) is 2.51. The fourth-order valence-corrected chi connectivity index (χ4v) is 1.67. The molecule has 0 amide bonds. The van der Waals surface area contributed by atoms with E-state index in [1.165, 1.54) is 0 Å². The minimum absolute atomic E-state index is 0.0787. The van der Waals surface area contributed by atoms with Gasteiger partial charge in [-0.1, -0.05) is 6.07 Å². The summed E-state index contributed by atoms with van der Waals surface area (Å²) in [5, 5.41) is 22.4. The molecule has 4 nitrogen and oxygen atoms in total. The van der Waals surface area contributed by atoms with E-state index in [-0.39, 0.29) is 11.8 Å². The minimum Gasteiger partial charge on any atom is -0.507 e. The molecule has 2 atom stereocenters. The van der Waals surface area contributed by atoms with Crippen LogP contribution < -0.4 is 10.1 Å². The van der Waals surface area contributed by atoms with Crippen LogP contribution >= 0.6 is 0 Å². The number of ether oxygens (including phenoxy) is 1. The van der Waals surface area contributed by atoms with Gasteiger partial charge in [0.15, 0.2) is 0 Å². The van der Waals surface area contributed by atoms with E-state index < -0.39 is 6.10 Å². The fourth-order valence-electron chi connectivity index (χ4n) is 1.67. The van der Waals surface area contributed by atoms with Gasteiger partial charge in [0, 0.05) is 0 Å². The lowest BCUT2D eigenvalue weighted by atomic mass is 9.98. The Morgan fingerprint density at radius 1 is 1.50 bits per heavy atom. The first-order chi connectivity index (χ1) is 6.74. The molecule has 0 radical (unpaired) electrons. The summed E-state index contributed by atoms with van der Waals surface area (Å²) < 4.78 is 5.40. The van der Waals surface area contributed by atoms with Crippen LogP contribution in [-0.4, -0.2) is 29.9 Å². The predicted molar refractivity (Wildman–Crippen MR) is 51.4 cm³/mol. The number of phenols is 1. The second-order valence-corrected chi connectivity index (χ2v) is 3.34. The van der Waals surface area contributed by atoms with Crippen LogP contribution in [0, 0.1) is 0 Å². The summed E-state index contributed by atoms with van der Waals surface area (Å²) >= 11 is 0. The van der Waals surface area contributed by atoms with Crippen molar-refractivity contribution in [2.75, 3.05) is 13.7 Å². The third kappa shape index (κ3) is 1.32. The Kier molecular flexibility index (Phi) is 2.31. The highest BCUT2D eigenvalue weighted by molar-refractivity contribution is 5.47. The first-order valence-electron chi connectivity index (χ1n) is 4.54. The van der Waals surface area contributed by atoms with Crippen molar-refractivity contribution in [2.24, 2.45) is 0 Å². The van der Waals surface area contributed by atoms with E-state index in [9.17, 15) is 10.2 Å². The van der Waals surface area contributed by atoms with Crippen LogP contribution in [0.2, 0.25) is 0 Å². The molecule has 1 aliphatic heterocycles. The van der Waals surface area contributed by atoms with Crippen molar-refractivity contribution < 1.29 is 14.9 Å². The van der Waals surface area contributed by atoms with Crippen LogP contribution in [0.5, 0.6) is 11.5 Å². The molecule has 1 heterocycles. The Morgan fingerprint density at radius 2 is 2.29 bits per heavy atom. The standard InChI is InChI=1S/C10H13NO3/c1-11-6-5-14-8-4-2-3-7(12)9(8)10(6)13/h2-4,6,10-13H,5H2,1H3. The second-order valence-electron chi connectivity index (χ2n) is 3.34. The summed E-state index contributed by atoms with van der Waals surface area (Å²) in [6.07, 6.45) is -0.718. The highest BCUT2D eigenvalue weighted by Crippen LogP contribution is 2.37. The van der Waals surface area contributed by atoms with E-state index in [1.807, 2.05) is 0 Å². The molecule has 2 rings (SSSR count). The summed E-state index contributed by atoms with van der Waals surface area (Å²) in [5.41, 5.74) is 0.470. The van der Waals surface area contributed by atoms with Crippen LogP contribution in [0.25, 0.3) is 0 Å². The first kappa shape index (κ1) is 9.30. The molecule has 1 aromatic carbocycles. The van der Waals surface area contributed by atoms with Crippen LogP contribution in [-0.2, 0) is 0 Å². The maximum Gasteiger partial charge on any atom is 0.128 e. The van der Waals surface area contributed by atoms with E-state index in [0.29, 0.717) is 17.9 Å². The third-order valence-electron chi connectivity index (χ3n) is 2.51. The zero-order valence-corrected chi connectivity index (χ0v) is 7.90. The zero-order valence-electron chi connectivity index (χ0n) is 7.90. The van der Waals surface area contributed by atoms with Crippen molar-refractivity contribution in [1.29, 1.82) is 0 Å². The minimum atomic E-state index is -0.718. The van der Waals surface area contributed by atoms with Crippen molar-refractivity contribution >= 4 is 0 Å². The largest absolute Gasteiger partial charge is 0.507 e. The van der Waals surface area contributed by atoms with Gasteiger partial charge in [-0.15, -0.1) is 0 Å². The van der Waals surface area contributed by atoms with Crippen LogP contribution in [0.3, 0.4) is 0 Å². The molecule has 1 aromatic rings. The van der Waals surface area contributed by atoms with E-state index >= 15 is 0 Å². The summed E-state index contributed by atoms with van der Waals surface area (Å²) in [5.74, 6) is 0.638. The Bertz CT molecular complexity index is 340. The van der Waals surface area contributed by atoms with Gasteiger partial charge in [0.25, 0.3) is 0 Å². The van der Waals surface area contributed by atoms with Gasteiger partial charge in [-0.05, 0) is 19.2 Å². The molecule has 0 spiro atoms. The maximum absolute atomic E-state index is 9.90. The molecule has 2 unspecified atom stereocenters. The highest BCUT2D eigenvalue weighted by Gasteiger charge is 2.30. The van der Waals surface area contributed by atoms with Crippen molar-refractivity contribution in [3.63, 3.8) is 0 Å². The molecule has 0 aromatic heterocycles. The smallest absolute Gasteiger partial charge is 0.128 e. The number of aliphatic hydroxyl groups excluding tert-OH is 1. The van der Waals surface area contributed by atoms with Crippen LogP contribution in [0.15, 0.2) is 18.2 Å². The zero-order chi connectivity index (χ0) is 10.1. The fraction of sp³-hybridized carbons (Fsp3) is 0.400. The molecular formula is C10H13NO3. The van der Waals surface area contributed by atoms with Gasteiger partial charge in [-0.2, -0.15) is 0 Å². The van der Waals surface area contributed by atoms with Gasteiger partial charge in [0.1, 0.15) is 24.2 Å². The SMILES string of the molecule is CNC1COc2cccc(O)c2C1O. The lowest BCUT2D eigenvalue weighted by Gasteiger charge is -2.30. The van der Waals surface area contributed by atoms with E-state index in [2.05, 4.69) is 5.32 Å². The van der Waals surface area contributed by atoms with Crippen molar-refractivity contribution in [1.82, 2.24) is 5.32 Å². The Labute approximate surface area is 82.1 Å². The lowest BCUT2D eigenvalue weighted by Crippen LogP contribution is -2.40. The maximum atomic E-state index is 9.90. The van der Waals surface area contributed by atoms with Gasteiger partial charge in [0.05, 0.1) is 11.6 Å². The number of hydrogen-bond donors (Lipinski definition) is 3. The van der Waals surface area contributed by atoms with Crippen molar-refractivity contribution in [2.45, 2.75) is 12.1 Å². The van der Waals surface area contributed by atoms with Gasteiger partial charge in [0.2, 0.25) is 0 Å². The van der Waals surface area contributed by atoms with Gasteiger partial charge in [-0.3, -0.25) is 0 Å². The molecular weight excluding hydrogens is 182 g/mol. The number of nitrogens with one attached hydrogen (secondary N) is 1. The van der Waals surface area contributed by atoms with Crippen LogP contribution in [0.4, 0.5) is 0 Å². The van der Waals surface area contributed by atoms with Gasteiger partial charge < -0.3 is 20.3 Å². The number of likely N-dealkylation sites (N-methyl/N-ethyl adjacent to an activating group) is 1. The number of benzene rings is 1. The average Bonchev–Trinajstić information content (AvgIpc) is 2.18. The van der Waals surface area contributed by atoms with Crippen LogP contribution in [0.1, 0.15) is 11.7 Å². The number of rotatable bonds is 1. The molecule has 0 fully saturated rings. The van der Waals surface area contributed by atoms with Crippen molar-refractivity contribution in [3.05, 3.63) is 23.8 Å². The number of aromatic hydroxyl groups is 1. The van der Waals surface area contributed by atoms with Gasteiger partial charge in [-0.25, -0.2) is 0 Å². The molecule has 0 bridgehead atoms. The van der Waals surface area contributed by atoms with Crippen molar-refractivity contribution in [3.8, 4) is 11.5 Å². The number of phenolic OH excluding ortho intramolecular Hbond substituents is 1. The predicted octanol–water partition coefficient (Wildman–Crippen LogP) is 0.406. The summed E-state index contributed by atoms with van der Waals surface area (Å²) in [7, 11) is 1.75. The Balaban J connectivity index is 2.43. The summed E-state index contributed by atoms with van der Waals surface area (Å²) in [6.45, 7) is 0.411. The average molecular weight is 195 g/mol. The number of hydrogen-bond acceptors (Lipinski definition) is 4. The lowest BCUT2D eigenvalue weighted by molar-refractivity contribution is 0.0748. The normalized spacial score (nSPS) is 25.3. The van der Waals surface area contributed by atoms with Gasteiger partial charge >= 0.3 is 0 Å². The van der Waals surface area contributed by atoms with E-state index in [4.69, 9.17) is 4.74 Å². The Hall–Kier alpha value is -1.26. The first-order valence-corrected chi connectivity index (χ1v) is 4.54. The Morgan fingerprint density at radius 3 is 3.00 bits per heavy atom. The quantitative estimate of drug-likeness (QED) is 0.607. The highest BCUT2D eigenvalue weighted by atomic mass is 16.5. The molecule has 3 N–H and O–H groups in total. The van der Waals surface area contributed by atoms with E-state index in [0.717, 1.165) is 0 Å². The topological polar surface area (TPSA) is 61.7 Å². The molecule has 14 heavy (non-hydrogen) atoms. The molecule has 4 heteroatoms. The second kappa shape index (κ2) is 3.48.